The average Bonchev–Trinajstić information content (AvgIpc) is 3.00. The number of aryl methyl sites for hydroxylation is 1. The zero-order valence-corrected chi connectivity index (χ0v) is 10.2. The van der Waals surface area contributed by atoms with E-state index in [4.69, 9.17) is 5.26 Å². The number of carbonyl (C=O) groups is 1. The second-order valence-corrected chi connectivity index (χ2v) is 4.50. The van der Waals surface area contributed by atoms with E-state index in [1.165, 1.54) is 0 Å². The Morgan fingerprint density at radius 2 is 2.32 bits per heavy atom. The van der Waals surface area contributed by atoms with Gasteiger partial charge in [0, 0.05) is 18.5 Å². The third-order valence-electron chi connectivity index (χ3n) is 3.14. The van der Waals surface area contributed by atoms with E-state index in [1.54, 1.807) is 6.20 Å². The molecule has 2 heterocycles. The number of fused-ring (bicyclic) bond motifs is 1. The maximum Gasteiger partial charge on any atom is 0.228 e. The maximum atomic E-state index is 11.3. The normalized spacial score (nSPS) is 12.9. The van der Waals surface area contributed by atoms with Gasteiger partial charge in [-0.15, -0.1) is 0 Å². The minimum atomic E-state index is 0.0338. The number of rotatable bonds is 3. The number of aromatic amines is 1. The summed E-state index contributed by atoms with van der Waals surface area (Å²) in [6, 6.07) is 7.95. The molecule has 1 aromatic heterocycles. The molecule has 5 heteroatoms. The van der Waals surface area contributed by atoms with Crippen molar-refractivity contribution in [1.82, 2.24) is 9.97 Å². The van der Waals surface area contributed by atoms with Crippen LogP contribution in [0.5, 0.6) is 0 Å². The summed E-state index contributed by atoms with van der Waals surface area (Å²) in [5.74, 6) is 0.845. The van der Waals surface area contributed by atoms with E-state index in [2.05, 4.69) is 21.4 Å². The fraction of sp³-hybridized carbons (Fsp3) is 0.214. The van der Waals surface area contributed by atoms with Gasteiger partial charge in [-0.1, -0.05) is 6.07 Å². The molecule has 0 fully saturated rings. The molecule has 0 bridgehead atoms. The molecule has 2 N–H and O–H groups in total. The van der Waals surface area contributed by atoms with E-state index < -0.39 is 0 Å². The Morgan fingerprint density at radius 3 is 3.16 bits per heavy atom. The highest BCUT2D eigenvalue weighted by atomic mass is 16.1. The maximum absolute atomic E-state index is 11.3. The van der Waals surface area contributed by atoms with E-state index >= 15 is 0 Å². The standard InChI is InChI=1S/C14H12N4O/c15-5-1-2-13-16-8-12(17-13)9-3-4-11-10(6-9)7-14(19)18-11/h3-4,6,8H,1-2,7H2,(H,16,17)(H,18,19). The van der Waals surface area contributed by atoms with Gasteiger partial charge in [0.05, 0.1) is 24.4 Å². The fourth-order valence-electron chi connectivity index (χ4n) is 2.21. The molecule has 1 aliphatic rings. The van der Waals surface area contributed by atoms with E-state index in [9.17, 15) is 4.79 Å². The highest BCUT2D eigenvalue weighted by Gasteiger charge is 2.18. The Morgan fingerprint density at radius 1 is 1.42 bits per heavy atom. The van der Waals surface area contributed by atoms with Crippen LogP contribution in [0.2, 0.25) is 0 Å². The molecule has 0 saturated heterocycles. The molecule has 0 unspecified atom stereocenters. The van der Waals surface area contributed by atoms with Crippen molar-refractivity contribution in [3.63, 3.8) is 0 Å². The van der Waals surface area contributed by atoms with Crippen LogP contribution in [-0.2, 0) is 17.6 Å². The van der Waals surface area contributed by atoms with Gasteiger partial charge in [-0.3, -0.25) is 4.79 Å². The Labute approximate surface area is 110 Å². The number of aromatic nitrogens is 2. The third-order valence-corrected chi connectivity index (χ3v) is 3.14. The second kappa shape index (κ2) is 4.58. The Kier molecular flexibility index (Phi) is 2.76. The number of nitrogens with one attached hydrogen (secondary N) is 2. The number of carbonyl (C=O) groups excluding carboxylic acids is 1. The summed E-state index contributed by atoms with van der Waals surface area (Å²) in [4.78, 5) is 18.8. The summed E-state index contributed by atoms with van der Waals surface area (Å²) in [6.45, 7) is 0. The number of amides is 1. The summed E-state index contributed by atoms with van der Waals surface area (Å²) < 4.78 is 0. The van der Waals surface area contributed by atoms with Crippen molar-refractivity contribution < 1.29 is 4.79 Å². The van der Waals surface area contributed by atoms with Crippen LogP contribution in [-0.4, -0.2) is 15.9 Å². The van der Waals surface area contributed by atoms with Gasteiger partial charge in [0.25, 0.3) is 0 Å². The third kappa shape index (κ3) is 2.20. The highest BCUT2D eigenvalue weighted by Crippen LogP contribution is 2.28. The monoisotopic (exact) mass is 252 g/mol. The number of imidazole rings is 1. The summed E-state index contributed by atoms with van der Waals surface area (Å²) in [6.07, 6.45) is 3.27. The van der Waals surface area contributed by atoms with Crippen molar-refractivity contribution in [2.75, 3.05) is 5.32 Å². The van der Waals surface area contributed by atoms with Gasteiger partial charge in [0.1, 0.15) is 5.82 Å². The van der Waals surface area contributed by atoms with Crippen LogP contribution in [0.3, 0.4) is 0 Å². The van der Waals surface area contributed by atoms with Crippen LogP contribution >= 0.6 is 0 Å². The second-order valence-electron chi connectivity index (χ2n) is 4.50. The first-order chi connectivity index (χ1) is 9.26. The van der Waals surface area contributed by atoms with Crippen LogP contribution in [0, 0.1) is 11.3 Å². The van der Waals surface area contributed by atoms with E-state index in [0.717, 1.165) is 28.3 Å². The molecule has 1 aliphatic heterocycles. The minimum Gasteiger partial charge on any atom is -0.342 e. The largest absolute Gasteiger partial charge is 0.342 e. The minimum absolute atomic E-state index is 0.0338. The quantitative estimate of drug-likeness (QED) is 0.876. The molecule has 1 aromatic carbocycles. The number of hydrogen-bond acceptors (Lipinski definition) is 3. The first-order valence-electron chi connectivity index (χ1n) is 6.10. The summed E-state index contributed by atoms with van der Waals surface area (Å²) in [5, 5.41) is 11.4. The molecule has 94 valence electrons. The molecule has 5 nitrogen and oxygen atoms in total. The molecule has 19 heavy (non-hydrogen) atoms. The summed E-state index contributed by atoms with van der Waals surface area (Å²) >= 11 is 0. The van der Waals surface area contributed by atoms with E-state index in [1.807, 2.05) is 18.2 Å². The van der Waals surface area contributed by atoms with Crippen LogP contribution in [0.1, 0.15) is 17.8 Å². The topological polar surface area (TPSA) is 81.6 Å². The zero-order valence-electron chi connectivity index (χ0n) is 10.2. The molecule has 2 aromatic rings. The van der Waals surface area contributed by atoms with Gasteiger partial charge >= 0.3 is 0 Å². The van der Waals surface area contributed by atoms with Crippen molar-refractivity contribution in [1.29, 1.82) is 5.26 Å². The molecule has 0 spiro atoms. The number of hydrogen-bond donors (Lipinski definition) is 2. The lowest BCUT2D eigenvalue weighted by Crippen LogP contribution is -2.03. The van der Waals surface area contributed by atoms with Crippen molar-refractivity contribution >= 4 is 11.6 Å². The first kappa shape index (κ1) is 11.5. The van der Waals surface area contributed by atoms with Crippen LogP contribution in [0.25, 0.3) is 11.3 Å². The van der Waals surface area contributed by atoms with Crippen molar-refractivity contribution in [2.24, 2.45) is 0 Å². The van der Waals surface area contributed by atoms with Crippen molar-refractivity contribution in [3.05, 3.63) is 35.8 Å². The molecular weight excluding hydrogens is 240 g/mol. The Balaban J connectivity index is 1.87. The van der Waals surface area contributed by atoms with Crippen LogP contribution in [0.15, 0.2) is 24.4 Å². The van der Waals surface area contributed by atoms with Gasteiger partial charge in [-0.05, 0) is 23.3 Å². The molecular formula is C14H12N4O. The van der Waals surface area contributed by atoms with Gasteiger partial charge in [-0.2, -0.15) is 5.26 Å². The predicted molar refractivity (Wildman–Crippen MR) is 70.3 cm³/mol. The Hall–Kier alpha value is -2.61. The zero-order chi connectivity index (χ0) is 13.2. The number of nitrogens with zero attached hydrogens (tertiary/aromatic N) is 2. The van der Waals surface area contributed by atoms with Crippen molar-refractivity contribution in [3.8, 4) is 17.3 Å². The van der Waals surface area contributed by atoms with Crippen molar-refractivity contribution in [2.45, 2.75) is 19.3 Å². The average molecular weight is 252 g/mol. The number of benzene rings is 1. The SMILES string of the molecule is N#CCCc1ncc(-c2ccc3c(c2)CC(=O)N3)[nH]1. The molecule has 0 saturated carbocycles. The van der Waals surface area contributed by atoms with Crippen LogP contribution < -0.4 is 5.32 Å². The van der Waals surface area contributed by atoms with E-state index in [0.29, 0.717) is 19.3 Å². The lowest BCUT2D eigenvalue weighted by atomic mass is 10.1. The van der Waals surface area contributed by atoms with Crippen LogP contribution in [0.4, 0.5) is 5.69 Å². The number of anilines is 1. The van der Waals surface area contributed by atoms with Gasteiger partial charge in [0.15, 0.2) is 0 Å². The van der Waals surface area contributed by atoms with Gasteiger partial charge in [-0.25, -0.2) is 4.98 Å². The van der Waals surface area contributed by atoms with Gasteiger partial charge in [0.2, 0.25) is 5.91 Å². The molecule has 0 aliphatic carbocycles. The Bertz CT molecular complexity index is 681. The smallest absolute Gasteiger partial charge is 0.228 e. The van der Waals surface area contributed by atoms with E-state index in [-0.39, 0.29) is 5.91 Å². The number of nitriles is 1. The highest BCUT2D eigenvalue weighted by molar-refractivity contribution is 5.99. The predicted octanol–water partition coefficient (Wildman–Crippen LogP) is 2.03. The van der Waals surface area contributed by atoms with Gasteiger partial charge < -0.3 is 10.3 Å². The fourth-order valence-corrected chi connectivity index (χ4v) is 2.21. The molecule has 0 atom stereocenters. The molecule has 1 amide bonds. The molecule has 3 rings (SSSR count). The summed E-state index contributed by atoms with van der Waals surface area (Å²) in [5.41, 5.74) is 3.81. The lowest BCUT2D eigenvalue weighted by Gasteiger charge is -2.01. The first-order valence-corrected chi connectivity index (χ1v) is 6.10. The molecule has 0 radical (unpaired) electrons. The number of H-pyrrole nitrogens is 1. The summed E-state index contributed by atoms with van der Waals surface area (Å²) in [7, 11) is 0. The lowest BCUT2D eigenvalue weighted by molar-refractivity contribution is -0.115.